The standard InChI is InChI=1S/C24H27N5O2/c1-3-4-20-16(2)11-19(24(31)27-20)22-13-18-12-17(5-6-21(18)26-22)15-28-7-9-29(10-8-28)23(30)14-25/h3-6,11-13,26H,1-2,7-10,14-15,25H2,(H,27,31)/b20-4+. The van der Waals surface area contributed by atoms with Crippen molar-refractivity contribution in [3.8, 4) is 11.3 Å². The second kappa shape index (κ2) is 8.75. The number of piperazine rings is 1. The van der Waals surface area contributed by atoms with Gasteiger partial charge in [-0.2, -0.15) is 0 Å². The van der Waals surface area contributed by atoms with Crippen LogP contribution >= 0.6 is 0 Å². The van der Waals surface area contributed by atoms with Crippen LogP contribution in [0.4, 0.5) is 0 Å². The van der Waals surface area contributed by atoms with Crippen LogP contribution < -0.4 is 21.9 Å². The number of fused-ring (bicyclic) bond motifs is 1. The first kappa shape index (κ1) is 20.8. The molecule has 31 heavy (non-hydrogen) atoms. The lowest BCUT2D eigenvalue weighted by Gasteiger charge is -2.34. The van der Waals surface area contributed by atoms with Gasteiger partial charge < -0.3 is 20.6 Å². The van der Waals surface area contributed by atoms with E-state index >= 15 is 0 Å². The zero-order valence-corrected chi connectivity index (χ0v) is 17.5. The number of nitrogens with one attached hydrogen (secondary N) is 2. The van der Waals surface area contributed by atoms with Gasteiger partial charge >= 0.3 is 0 Å². The molecule has 0 spiro atoms. The second-order valence-electron chi connectivity index (χ2n) is 7.82. The molecule has 0 radical (unpaired) electrons. The molecule has 1 amide bonds. The summed E-state index contributed by atoms with van der Waals surface area (Å²) in [6, 6.07) is 10.1. The molecule has 4 rings (SSSR count). The smallest absolute Gasteiger partial charge is 0.257 e. The highest BCUT2D eigenvalue weighted by atomic mass is 16.2. The van der Waals surface area contributed by atoms with Gasteiger partial charge in [0.25, 0.3) is 5.56 Å². The van der Waals surface area contributed by atoms with Gasteiger partial charge in [-0.25, -0.2) is 0 Å². The summed E-state index contributed by atoms with van der Waals surface area (Å²) in [6.07, 6.45) is 3.36. The molecule has 3 aromatic rings. The summed E-state index contributed by atoms with van der Waals surface area (Å²) in [7, 11) is 0. The molecular formula is C24H27N5O2. The number of aromatic amines is 2. The number of allylic oxidation sites excluding steroid dienone is 1. The van der Waals surface area contributed by atoms with E-state index < -0.39 is 0 Å². The van der Waals surface area contributed by atoms with Gasteiger partial charge in [-0.3, -0.25) is 14.5 Å². The Morgan fingerprint density at radius 1 is 1.13 bits per heavy atom. The minimum atomic E-state index is -0.169. The number of pyridine rings is 1. The van der Waals surface area contributed by atoms with Crippen LogP contribution in [0.3, 0.4) is 0 Å². The molecule has 160 valence electrons. The number of benzene rings is 1. The summed E-state index contributed by atoms with van der Waals surface area (Å²) in [6.45, 7) is 11.7. The van der Waals surface area contributed by atoms with E-state index in [2.05, 4.69) is 40.2 Å². The van der Waals surface area contributed by atoms with E-state index in [0.717, 1.165) is 41.4 Å². The fourth-order valence-electron chi connectivity index (χ4n) is 4.02. The van der Waals surface area contributed by atoms with Crippen LogP contribution in [0.25, 0.3) is 34.8 Å². The Bertz CT molecular complexity index is 1300. The largest absolute Gasteiger partial charge is 0.354 e. The summed E-state index contributed by atoms with van der Waals surface area (Å²) < 4.78 is 0. The normalized spacial score (nSPS) is 15.5. The molecule has 1 aromatic carbocycles. The first-order valence-electron chi connectivity index (χ1n) is 10.4. The van der Waals surface area contributed by atoms with Crippen molar-refractivity contribution < 1.29 is 4.79 Å². The van der Waals surface area contributed by atoms with Gasteiger partial charge in [0.2, 0.25) is 5.91 Å². The minimum absolute atomic E-state index is 0.0109. The highest BCUT2D eigenvalue weighted by molar-refractivity contribution is 5.86. The molecule has 2 aromatic heterocycles. The van der Waals surface area contributed by atoms with Gasteiger partial charge in [-0.1, -0.05) is 25.3 Å². The molecule has 4 N–H and O–H groups in total. The molecule has 0 aliphatic carbocycles. The van der Waals surface area contributed by atoms with Crippen LogP contribution in [0, 0.1) is 0 Å². The zero-order chi connectivity index (χ0) is 22.0. The lowest BCUT2D eigenvalue weighted by atomic mass is 10.1. The maximum absolute atomic E-state index is 12.6. The Morgan fingerprint density at radius 2 is 1.90 bits per heavy atom. The van der Waals surface area contributed by atoms with Gasteiger partial charge in [0.15, 0.2) is 0 Å². The Kier molecular flexibility index (Phi) is 5.88. The van der Waals surface area contributed by atoms with Crippen LogP contribution in [0.2, 0.25) is 0 Å². The number of carbonyl (C=O) groups excluding carboxylic acids is 1. The molecule has 7 nitrogen and oxygen atoms in total. The summed E-state index contributed by atoms with van der Waals surface area (Å²) in [5.74, 6) is 0.0109. The maximum Gasteiger partial charge on any atom is 0.257 e. The number of hydrogen-bond acceptors (Lipinski definition) is 4. The van der Waals surface area contributed by atoms with E-state index in [1.54, 1.807) is 18.2 Å². The van der Waals surface area contributed by atoms with Crippen molar-refractivity contribution in [1.82, 2.24) is 19.8 Å². The molecule has 3 heterocycles. The van der Waals surface area contributed by atoms with E-state index in [1.807, 2.05) is 17.0 Å². The lowest BCUT2D eigenvalue weighted by Crippen LogP contribution is -2.49. The Labute approximate surface area is 180 Å². The number of nitrogens with zero attached hydrogens (tertiary/aromatic N) is 2. The average Bonchev–Trinajstić information content (AvgIpc) is 3.19. The van der Waals surface area contributed by atoms with Crippen molar-refractivity contribution in [3.63, 3.8) is 0 Å². The number of rotatable bonds is 5. The van der Waals surface area contributed by atoms with E-state index in [4.69, 9.17) is 5.73 Å². The molecule has 1 aliphatic rings. The highest BCUT2D eigenvalue weighted by Crippen LogP contribution is 2.23. The molecule has 0 saturated carbocycles. The lowest BCUT2D eigenvalue weighted by molar-refractivity contribution is -0.131. The van der Waals surface area contributed by atoms with Gasteiger partial charge in [-0.05, 0) is 41.1 Å². The van der Waals surface area contributed by atoms with Crippen LogP contribution in [-0.2, 0) is 11.3 Å². The monoisotopic (exact) mass is 417 g/mol. The number of H-pyrrole nitrogens is 2. The average molecular weight is 418 g/mol. The Balaban J connectivity index is 1.54. The first-order chi connectivity index (χ1) is 15.0. The Morgan fingerprint density at radius 3 is 2.61 bits per heavy atom. The molecule has 7 heteroatoms. The maximum atomic E-state index is 12.6. The van der Waals surface area contributed by atoms with Crippen molar-refractivity contribution in [2.75, 3.05) is 32.7 Å². The minimum Gasteiger partial charge on any atom is -0.354 e. The third-order valence-corrected chi connectivity index (χ3v) is 5.72. The predicted molar refractivity (Wildman–Crippen MR) is 125 cm³/mol. The second-order valence-corrected chi connectivity index (χ2v) is 7.82. The number of nitrogens with two attached hydrogens (primary N) is 1. The summed E-state index contributed by atoms with van der Waals surface area (Å²) in [4.78, 5) is 34.7. The fraction of sp³-hybridized carbons (Fsp3) is 0.250. The first-order valence-corrected chi connectivity index (χ1v) is 10.4. The highest BCUT2D eigenvalue weighted by Gasteiger charge is 2.20. The number of aromatic nitrogens is 2. The van der Waals surface area contributed by atoms with Crippen molar-refractivity contribution >= 4 is 29.5 Å². The van der Waals surface area contributed by atoms with E-state index in [0.29, 0.717) is 24.0 Å². The van der Waals surface area contributed by atoms with Crippen molar-refractivity contribution in [1.29, 1.82) is 0 Å². The SMILES string of the molecule is C=C/C=c1/[nH]c(=O)c(-c2cc3cc(CN4CCN(C(=O)CN)CC4)ccc3[nH]2)cc1=C. The van der Waals surface area contributed by atoms with Gasteiger partial charge in [-0.15, -0.1) is 0 Å². The number of carbonyl (C=O) groups is 1. The van der Waals surface area contributed by atoms with E-state index in [-0.39, 0.29) is 18.0 Å². The molecule has 1 aliphatic heterocycles. The fourth-order valence-corrected chi connectivity index (χ4v) is 4.02. The topological polar surface area (TPSA) is 98.2 Å². The number of amides is 1. The zero-order valence-electron chi connectivity index (χ0n) is 17.5. The molecule has 1 saturated heterocycles. The molecule has 0 unspecified atom stereocenters. The van der Waals surface area contributed by atoms with E-state index in [1.165, 1.54) is 5.56 Å². The molecule has 1 fully saturated rings. The van der Waals surface area contributed by atoms with Crippen LogP contribution in [0.5, 0.6) is 0 Å². The van der Waals surface area contributed by atoms with Gasteiger partial charge in [0.05, 0.1) is 17.8 Å². The molecule has 0 bridgehead atoms. The quantitative estimate of drug-likeness (QED) is 0.563. The Hall–Kier alpha value is -3.42. The van der Waals surface area contributed by atoms with Crippen molar-refractivity contribution in [3.05, 3.63) is 69.5 Å². The summed E-state index contributed by atoms with van der Waals surface area (Å²) >= 11 is 0. The molecular weight excluding hydrogens is 390 g/mol. The van der Waals surface area contributed by atoms with Gasteiger partial charge in [0, 0.05) is 49.0 Å². The van der Waals surface area contributed by atoms with Gasteiger partial charge in [0.1, 0.15) is 0 Å². The molecule has 0 atom stereocenters. The van der Waals surface area contributed by atoms with E-state index in [9.17, 15) is 9.59 Å². The van der Waals surface area contributed by atoms with Crippen molar-refractivity contribution in [2.24, 2.45) is 5.73 Å². The number of hydrogen-bond donors (Lipinski definition) is 3. The van der Waals surface area contributed by atoms with Crippen molar-refractivity contribution in [2.45, 2.75) is 6.54 Å². The third-order valence-electron chi connectivity index (χ3n) is 5.72. The third kappa shape index (κ3) is 4.38. The predicted octanol–water partition coefficient (Wildman–Crippen LogP) is 0.503. The van der Waals surface area contributed by atoms with Crippen LogP contribution in [0.15, 0.2) is 47.8 Å². The summed E-state index contributed by atoms with van der Waals surface area (Å²) in [5.41, 5.74) is 8.78. The summed E-state index contributed by atoms with van der Waals surface area (Å²) in [5, 5.41) is 2.45. The van der Waals surface area contributed by atoms with Crippen LogP contribution in [-0.4, -0.2) is 58.4 Å². The van der Waals surface area contributed by atoms with Crippen LogP contribution in [0.1, 0.15) is 5.56 Å².